The number of nitro groups is 1. The Kier molecular flexibility index (Phi) is 4.16. The van der Waals surface area contributed by atoms with E-state index in [1.165, 1.54) is 6.07 Å². The number of carbonyl (C=O) groups excluding carboxylic acids is 1. The molecule has 1 fully saturated rings. The molecule has 19 heavy (non-hydrogen) atoms. The van der Waals surface area contributed by atoms with Crippen LogP contribution in [0.3, 0.4) is 0 Å². The average Bonchev–Trinajstić information content (AvgIpc) is 2.87. The summed E-state index contributed by atoms with van der Waals surface area (Å²) < 4.78 is 0. The summed E-state index contributed by atoms with van der Waals surface area (Å²) >= 11 is 0.982. The van der Waals surface area contributed by atoms with Gasteiger partial charge in [0.05, 0.1) is 10.5 Å². The number of hydrogen-bond acceptors (Lipinski definition) is 5. The second-order valence-corrected chi connectivity index (χ2v) is 5.74. The van der Waals surface area contributed by atoms with Crippen LogP contribution in [0, 0.1) is 10.1 Å². The van der Waals surface area contributed by atoms with Crippen molar-refractivity contribution in [2.45, 2.75) is 38.3 Å². The molecule has 7 heteroatoms. The number of likely N-dealkylation sites (tertiary alicyclic amines) is 1. The van der Waals surface area contributed by atoms with Crippen LogP contribution in [-0.4, -0.2) is 34.4 Å². The zero-order valence-corrected chi connectivity index (χ0v) is 11.6. The molecule has 1 aromatic heterocycles. The van der Waals surface area contributed by atoms with E-state index in [4.69, 9.17) is 5.73 Å². The maximum Gasteiger partial charge on any atom is 0.324 e. The summed E-state index contributed by atoms with van der Waals surface area (Å²) in [6.45, 7) is 2.57. The Morgan fingerprint density at radius 1 is 1.63 bits per heavy atom. The number of nitrogens with two attached hydrogens (primary N) is 1. The van der Waals surface area contributed by atoms with Crippen molar-refractivity contribution >= 4 is 22.2 Å². The third kappa shape index (κ3) is 2.93. The normalized spacial score (nSPS) is 21.2. The molecule has 1 aliphatic rings. The van der Waals surface area contributed by atoms with Gasteiger partial charge in [-0.05, 0) is 26.2 Å². The Morgan fingerprint density at radius 3 is 2.95 bits per heavy atom. The van der Waals surface area contributed by atoms with Gasteiger partial charge >= 0.3 is 5.00 Å². The van der Waals surface area contributed by atoms with Crippen LogP contribution in [0.2, 0.25) is 0 Å². The van der Waals surface area contributed by atoms with Gasteiger partial charge in [0.15, 0.2) is 0 Å². The van der Waals surface area contributed by atoms with Crippen molar-refractivity contribution in [1.82, 2.24) is 4.90 Å². The number of hydrogen-bond donors (Lipinski definition) is 1. The van der Waals surface area contributed by atoms with E-state index in [1.54, 1.807) is 10.3 Å². The lowest BCUT2D eigenvalue weighted by Gasteiger charge is -2.37. The van der Waals surface area contributed by atoms with E-state index >= 15 is 0 Å². The van der Waals surface area contributed by atoms with Crippen LogP contribution >= 0.6 is 11.3 Å². The molecule has 0 bridgehead atoms. The van der Waals surface area contributed by atoms with Crippen molar-refractivity contribution in [2.75, 3.05) is 6.54 Å². The minimum atomic E-state index is -0.472. The van der Waals surface area contributed by atoms with Gasteiger partial charge in [-0.2, -0.15) is 0 Å². The zero-order valence-electron chi connectivity index (χ0n) is 10.7. The van der Waals surface area contributed by atoms with Gasteiger partial charge < -0.3 is 10.6 Å². The van der Waals surface area contributed by atoms with Gasteiger partial charge in [-0.1, -0.05) is 11.3 Å². The number of nitrogens with zero attached hydrogens (tertiary/aromatic N) is 2. The Hall–Kier alpha value is -1.47. The van der Waals surface area contributed by atoms with Crippen LogP contribution in [0.5, 0.6) is 0 Å². The van der Waals surface area contributed by atoms with E-state index in [0.717, 1.165) is 30.6 Å². The predicted octanol–water partition coefficient (Wildman–Crippen LogP) is 2.00. The molecule has 1 amide bonds. The average molecular weight is 283 g/mol. The molecule has 2 atom stereocenters. The first-order valence-electron chi connectivity index (χ1n) is 6.30. The third-order valence-corrected chi connectivity index (χ3v) is 4.31. The molecule has 1 saturated heterocycles. The van der Waals surface area contributed by atoms with Crippen molar-refractivity contribution in [1.29, 1.82) is 0 Å². The molecule has 0 spiro atoms. The molecule has 2 rings (SSSR count). The monoisotopic (exact) mass is 283 g/mol. The van der Waals surface area contributed by atoms with Gasteiger partial charge in [0, 0.05) is 30.1 Å². The largest absolute Gasteiger partial charge is 0.334 e. The molecule has 104 valence electrons. The van der Waals surface area contributed by atoms with Gasteiger partial charge in [-0.25, -0.2) is 0 Å². The lowest BCUT2D eigenvalue weighted by atomic mass is 9.96. The summed E-state index contributed by atoms with van der Waals surface area (Å²) in [5.41, 5.74) is 6.32. The first-order valence-corrected chi connectivity index (χ1v) is 7.18. The Bertz CT molecular complexity index is 486. The molecule has 0 aliphatic carbocycles. The maximum atomic E-state index is 12.4. The fourth-order valence-corrected chi connectivity index (χ4v) is 3.15. The molecule has 2 unspecified atom stereocenters. The summed E-state index contributed by atoms with van der Waals surface area (Å²) in [5, 5.41) is 12.2. The lowest BCUT2D eigenvalue weighted by molar-refractivity contribution is -0.380. The second-order valence-electron chi connectivity index (χ2n) is 4.85. The van der Waals surface area contributed by atoms with Crippen molar-refractivity contribution in [3.63, 3.8) is 0 Å². The Morgan fingerprint density at radius 2 is 2.37 bits per heavy atom. The minimum Gasteiger partial charge on any atom is -0.334 e. The van der Waals surface area contributed by atoms with E-state index in [0.29, 0.717) is 12.1 Å². The summed E-state index contributed by atoms with van der Waals surface area (Å²) in [6.07, 6.45) is 2.93. The van der Waals surface area contributed by atoms with Crippen molar-refractivity contribution in [2.24, 2.45) is 5.73 Å². The van der Waals surface area contributed by atoms with Crippen molar-refractivity contribution < 1.29 is 9.72 Å². The first kappa shape index (κ1) is 14.0. The summed E-state index contributed by atoms with van der Waals surface area (Å²) in [4.78, 5) is 24.4. The van der Waals surface area contributed by atoms with Crippen LogP contribution in [0.25, 0.3) is 0 Å². The fraction of sp³-hybridized carbons (Fsp3) is 0.583. The zero-order chi connectivity index (χ0) is 14.0. The van der Waals surface area contributed by atoms with E-state index in [-0.39, 0.29) is 23.0 Å². The van der Waals surface area contributed by atoms with Crippen LogP contribution in [0.15, 0.2) is 11.4 Å². The van der Waals surface area contributed by atoms with Crippen molar-refractivity contribution in [3.8, 4) is 0 Å². The quantitative estimate of drug-likeness (QED) is 0.678. The Labute approximate surface area is 115 Å². The van der Waals surface area contributed by atoms with Gasteiger partial charge in [0.1, 0.15) is 0 Å². The second kappa shape index (κ2) is 5.66. The van der Waals surface area contributed by atoms with E-state index < -0.39 is 4.92 Å². The summed E-state index contributed by atoms with van der Waals surface area (Å²) in [6, 6.07) is 1.29. The molecule has 0 radical (unpaired) electrons. The number of carbonyl (C=O) groups is 1. The fourth-order valence-electron chi connectivity index (χ4n) is 2.45. The van der Waals surface area contributed by atoms with Gasteiger partial charge in [0.2, 0.25) is 0 Å². The smallest absolute Gasteiger partial charge is 0.324 e. The van der Waals surface area contributed by atoms with Crippen LogP contribution in [0.1, 0.15) is 36.5 Å². The van der Waals surface area contributed by atoms with Crippen LogP contribution in [0.4, 0.5) is 5.00 Å². The minimum absolute atomic E-state index is 0.00212. The molecule has 1 aromatic rings. The molecular weight excluding hydrogens is 266 g/mol. The van der Waals surface area contributed by atoms with E-state index in [9.17, 15) is 14.9 Å². The highest BCUT2D eigenvalue weighted by molar-refractivity contribution is 7.13. The molecule has 0 aromatic carbocycles. The first-order chi connectivity index (χ1) is 9.00. The molecular formula is C12H17N3O3S. The molecule has 2 N–H and O–H groups in total. The molecule has 1 aliphatic heterocycles. The predicted molar refractivity (Wildman–Crippen MR) is 73.3 cm³/mol. The van der Waals surface area contributed by atoms with E-state index in [2.05, 4.69) is 0 Å². The highest BCUT2D eigenvalue weighted by atomic mass is 32.1. The molecule has 2 heterocycles. The number of piperidine rings is 1. The van der Waals surface area contributed by atoms with Crippen LogP contribution in [-0.2, 0) is 0 Å². The number of amides is 1. The highest BCUT2D eigenvalue weighted by Crippen LogP contribution is 2.26. The molecule has 6 nitrogen and oxygen atoms in total. The van der Waals surface area contributed by atoms with Gasteiger partial charge in [-0.3, -0.25) is 14.9 Å². The van der Waals surface area contributed by atoms with Crippen molar-refractivity contribution in [3.05, 3.63) is 27.1 Å². The van der Waals surface area contributed by atoms with E-state index in [1.807, 2.05) is 6.92 Å². The number of rotatable bonds is 3. The summed E-state index contributed by atoms with van der Waals surface area (Å²) in [7, 11) is 0. The standard InChI is InChI=1S/C12H17N3O3S/c1-8(13)10-4-2-3-5-14(10)12(16)9-6-11(15(17)18)19-7-9/h6-8,10H,2-5,13H2,1H3. The third-order valence-electron chi connectivity index (χ3n) is 3.43. The maximum absolute atomic E-state index is 12.4. The van der Waals surface area contributed by atoms with Gasteiger partial charge in [0.25, 0.3) is 5.91 Å². The highest BCUT2D eigenvalue weighted by Gasteiger charge is 2.30. The SMILES string of the molecule is CC(N)C1CCCCN1C(=O)c1csc([N+](=O)[O-])c1. The molecule has 0 saturated carbocycles. The summed E-state index contributed by atoms with van der Waals surface area (Å²) in [5.74, 6) is -0.147. The van der Waals surface area contributed by atoms with Gasteiger partial charge in [-0.15, -0.1) is 0 Å². The Balaban J connectivity index is 2.18. The topological polar surface area (TPSA) is 89.5 Å². The number of thiophene rings is 1. The lowest BCUT2D eigenvalue weighted by Crippen LogP contribution is -2.51. The van der Waals surface area contributed by atoms with Crippen LogP contribution < -0.4 is 5.73 Å².